The van der Waals surface area contributed by atoms with Gasteiger partial charge in [0.15, 0.2) is 0 Å². The van der Waals surface area contributed by atoms with E-state index in [1.165, 1.54) is 5.56 Å². The van der Waals surface area contributed by atoms with Crippen LogP contribution in [0.25, 0.3) is 11.4 Å². The Balaban J connectivity index is 1.97. The van der Waals surface area contributed by atoms with Crippen LogP contribution < -0.4 is 0 Å². The van der Waals surface area contributed by atoms with Crippen molar-refractivity contribution in [3.63, 3.8) is 0 Å². The van der Waals surface area contributed by atoms with Crippen LogP contribution in [-0.4, -0.2) is 34.0 Å². The highest BCUT2D eigenvalue weighted by Crippen LogP contribution is 2.16. The average molecular weight is 287 g/mol. The Kier molecular flexibility index (Phi) is 5.09. The number of rotatable bonds is 6. The van der Waals surface area contributed by atoms with Crippen LogP contribution in [0.5, 0.6) is 0 Å². The summed E-state index contributed by atoms with van der Waals surface area (Å²) in [5.41, 5.74) is 2.11. The number of aromatic nitrogens is 2. The highest BCUT2D eigenvalue weighted by molar-refractivity contribution is 5.76. The number of carbonyl (C=O) groups excluding carboxylic acids is 1. The fourth-order valence-electron chi connectivity index (χ4n) is 2.12. The van der Waals surface area contributed by atoms with Gasteiger partial charge in [0.2, 0.25) is 17.6 Å². The monoisotopic (exact) mass is 287 g/mol. The van der Waals surface area contributed by atoms with Gasteiger partial charge in [0.1, 0.15) is 0 Å². The molecule has 0 N–H and O–H groups in total. The second-order valence-corrected chi connectivity index (χ2v) is 4.94. The predicted molar refractivity (Wildman–Crippen MR) is 80.7 cm³/mol. The molecule has 0 aliphatic carbocycles. The van der Waals surface area contributed by atoms with Crippen molar-refractivity contribution in [2.75, 3.05) is 13.1 Å². The van der Waals surface area contributed by atoms with Crippen molar-refractivity contribution >= 4 is 5.91 Å². The van der Waals surface area contributed by atoms with Crippen LogP contribution >= 0.6 is 0 Å². The van der Waals surface area contributed by atoms with Crippen molar-refractivity contribution in [2.24, 2.45) is 0 Å². The van der Waals surface area contributed by atoms with E-state index in [1.54, 1.807) is 4.90 Å². The molecule has 1 amide bonds. The quantitative estimate of drug-likeness (QED) is 0.819. The van der Waals surface area contributed by atoms with Gasteiger partial charge < -0.3 is 9.42 Å². The maximum absolute atomic E-state index is 11.9. The number of amides is 1. The zero-order valence-electron chi connectivity index (χ0n) is 12.8. The molecule has 2 aromatic rings. The predicted octanol–water partition coefficient (Wildman–Crippen LogP) is 2.85. The van der Waals surface area contributed by atoms with Crippen LogP contribution in [-0.2, 0) is 11.2 Å². The second kappa shape index (κ2) is 7.02. The number of benzene rings is 1. The summed E-state index contributed by atoms with van der Waals surface area (Å²) in [6, 6.07) is 7.95. The van der Waals surface area contributed by atoms with Crippen molar-refractivity contribution in [3.05, 3.63) is 35.7 Å². The van der Waals surface area contributed by atoms with Gasteiger partial charge in [-0.05, 0) is 20.8 Å². The lowest BCUT2D eigenvalue weighted by Crippen LogP contribution is -2.30. The van der Waals surface area contributed by atoms with E-state index in [2.05, 4.69) is 10.1 Å². The molecular formula is C16H21N3O2. The van der Waals surface area contributed by atoms with E-state index in [4.69, 9.17) is 4.52 Å². The Hall–Kier alpha value is -2.17. The first-order valence-electron chi connectivity index (χ1n) is 7.31. The number of carbonyl (C=O) groups is 1. The van der Waals surface area contributed by atoms with Crippen molar-refractivity contribution in [1.29, 1.82) is 0 Å². The lowest BCUT2D eigenvalue weighted by molar-refractivity contribution is -0.130. The molecule has 0 aliphatic rings. The molecule has 0 saturated heterocycles. The van der Waals surface area contributed by atoms with Gasteiger partial charge >= 0.3 is 0 Å². The smallest absolute Gasteiger partial charge is 0.227 e. The summed E-state index contributed by atoms with van der Waals surface area (Å²) >= 11 is 0. The standard InChI is InChI=1S/C16H21N3O2/c1-4-19(5-2)15(20)11-10-14-17-16(18-21-14)13-8-6-12(3)7-9-13/h6-9H,4-5,10-11H2,1-3H3. The van der Waals surface area contributed by atoms with Crippen LogP contribution in [0.2, 0.25) is 0 Å². The minimum atomic E-state index is 0.120. The van der Waals surface area contributed by atoms with Crippen LogP contribution in [0.4, 0.5) is 0 Å². The first kappa shape index (κ1) is 15.2. The maximum Gasteiger partial charge on any atom is 0.227 e. The third kappa shape index (κ3) is 3.90. The minimum Gasteiger partial charge on any atom is -0.343 e. The largest absolute Gasteiger partial charge is 0.343 e. The van der Waals surface area contributed by atoms with E-state index < -0.39 is 0 Å². The van der Waals surface area contributed by atoms with Crippen molar-refractivity contribution in [3.8, 4) is 11.4 Å². The molecule has 0 saturated carbocycles. The summed E-state index contributed by atoms with van der Waals surface area (Å²) in [5.74, 6) is 1.20. The van der Waals surface area contributed by atoms with Crippen LogP contribution in [0.3, 0.4) is 0 Å². The zero-order valence-corrected chi connectivity index (χ0v) is 12.8. The Labute approximate surface area is 125 Å². The number of aryl methyl sites for hydroxylation is 2. The first-order chi connectivity index (χ1) is 10.1. The third-order valence-electron chi connectivity index (χ3n) is 3.45. The van der Waals surface area contributed by atoms with E-state index in [1.807, 2.05) is 45.0 Å². The average Bonchev–Trinajstić information content (AvgIpc) is 2.96. The number of hydrogen-bond donors (Lipinski definition) is 0. The third-order valence-corrected chi connectivity index (χ3v) is 3.45. The number of nitrogens with zero attached hydrogens (tertiary/aromatic N) is 3. The topological polar surface area (TPSA) is 59.2 Å². The van der Waals surface area contributed by atoms with Gasteiger partial charge in [0, 0.05) is 31.5 Å². The van der Waals surface area contributed by atoms with E-state index in [0.29, 0.717) is 24.6 Å². The van der Waals surface area contributed by atoms with E-state index in [-0.39, 0.29) is 5.91 Å². The van der Waals surface area contributed by atoms with E-state index >= 15 is 0 Å². The molecule has 5 heteroatoms. The summed E-state index contributed by atoms with van der Waals surface area (Å²) in [6.07, 6.45) is 0.880. The van der Waals surface area contributed by atoms with Crippen LogP contribution in [0, 0.1) is 6.92 Å². The molecule has 0 atom stereocenters. The SMILES string of the molecule is CCN(CC)C(=O)CCc1nc(-c2ccc(C)cc2)no1. The van der Waals surface area contributed by atoms with Crippen molar-refractivity contribution in [2.45, 2.75) is 33.6 Å². The first-order valence-corrected chi connectivity index (χ1v) is 7.31. The minimum absolute atomic E-state index is 0.120. The second-order valence-electron chi connectivity index (χ2n) is 4.94. The highest BCUT2D eigenvalue weighted by Gasteiger charge is 2.13. The van der Waals surface area contributed by atoms with E-state index in [0.717, 1.165) is 18.7 Å². The van der Waals surface area contributed by atoms with Gasteiger partial charge in [-0.2, -0.15) is 4.98 Å². The molecule has 21 heavy (non-hydrogen) atoms. The maximum atomic E-state index is 11.9. The molecule has 1 aromatic carbocycles. The van der Waals surface area contributed by atoms with Gasteiger partial charge in [-0.25, -0.2) is 0 Å². The summed E-state index contributed by atoms with van der Waals surface area (Å²) in [4.78, 5) is 18.1. The molecule has 112 valence electrons. The Bertz CT molecular complexity index is 586. The van der Waals surface area contributed by atoms with Crippen molar-refractivity contribution in [1.82, 2.24) is 15.0 Å². The molecule has 0 fully saturated rings. The number of hydrogen-bond acceptors (Lipinski definition) is 4. The molecule has 0 radical (unpaired) electrons. The van der Waals surface area contributed by atoms with Gasteiger partial charge in [-0.1, -0.05) is 35.0 Å². The fraction of sp³-hybridized carbons (Fsp3) is 0.438. The summed E-state index contributed by atoms with van der Waals surface area (Å²) in [7, 11) is 0. The van der Waals surface area contributed by atoms with Crippen LogP contribution in [0.15, 0.2) is 28.8 Å². The van der Waals surface area contributed by atoms with Gasteiger partial charge in [0.25, 0.3) is 0 Å². The van der Waals surface area contributed by atoms with Crippen molar-refractivity contribution < 1.29 is 9.32 Å². The van der Waals surface area contributed by atoms with Crippen LogP contribution in [0.1, 0.15) is 31.7 Å². The summed E-state index contributed by atoms with van der Waals surface area (Å²) in [5, 5.41) is 3.97. The molecule has 0 aliphatic heterocycles. The highest BCUT2D eigenvalue weighted by atomic mass is 16.5. The molecule has 0 spiro atoms. The molecular weight excluding hydrogens is 266 g/mol. The summed E-state index contributed by atoms with van der Waals surface area (Å²) in [6.45, 7) is 7.44. The molecule has 1 heterocycles. The van der Waals surface area contributed by atoms with Gasteiger partial charge in [0.05, 0.1) is 0 Å². The normalized spacial score (nSPS) is 10.6. The Morgan fingerprint density at radius 2 is 1.86 bits per heavy atom. The Morgan fingerprint density at radius 1 is 1.19 bits per heavy atom. The zero-order chi connectivity index (χ0) is 15.2. The lowest BCUT2D eigenvalue weighted by atomic mass is 10.1. The Morgan fingerprint density at radius 3 is 2.48 bits per heavy atom. The summed E-state index contributed by atoms with van der Waals surface area (Å²) < 4.78 is 5.21. The fourth-order valence-corrected chi connectivity index (χ4v) is 2.12. The lowest BCUT2D eigenvalue weighted by Gasteiger charge is -2.17. The molecule has 2 rings (SSSR count). The molecule has 5 nitrogen and oxygen atoms in total. The molecule has 0 bridgehead atoms. The molecule has 1 aromatic heterocycles. The van der Waals surface area contributed by atoms with E-state index in [9.17, 15) is 4.79 Å². The van der Waals surface area contributed by atoms with Gasteiger partial charge in [-0.3, -0.25) is 4.79 Å². The molecule has 0 unspecified atom stereocenters. The van der Waals surface area contributed by atoms with Gasteiger partial charge in [-0.15, -0.1) is 0 Å².